The number of hydrogen-bond donors (Lipinski definition) is 1. The van der Waals surface area contributed by atoms with Crippen LogP contribution in [0.2, 0.25) is 0 Å². The third-order valence-corrected chi connectivity index (χ3v) is 4.78. The molecule has 1 N–H and O–H groups in total. The first-order valence-electron chi connectivity index (χ1n) is 6.76. The Morgan fingerprint density at radius 2 is 1.76 bits per heavy atom. The summed E-state index contributed by atoms with van der Waals surface area (Å²) >= 11 is 0. The molecule has 5 nitrogen and oxygen atoms in total. The zero-order chi connectivity index (χ0) is 16.1. The second-order valence-corrected chi connectivity index (χ2v) is 7.99. The van der Waals surface area contributed by atoms with E-state index in [0.717, 1.165) is 5.56 Å². The highest BCUT2D eigenvalue weighted by molar-refractivity contribution is 7.91. The van der Waals surface area contributed by atoms with Crippen LogP contribution in [0, 0.1) is 0 Å². The first-order chi connectivity index (χ1) is 9.66. The van der Waals surface area contributed by atoms with Crippen molar-refractivity contribution in [2.24, 2.45) is 0 Å². The number of sulfone groups is 1. The quantitative estimate of drug-likeness (QED) is 0.864. The van der Waals surface area contributed by atoms with E-state index in [1.54, 1.807) is 12.1 Å². The number of rotatable bonds is 6. The predicted octanol–water partition coefficient (Wildman–Crippen LogP) is 1.52. The second kappa shape index (κ2) is 7.04. The largest absolute Gasteiger partial charge is 0.375 e. The van der Waals surface area contributed by atoms with E-state index in [-0.39, 0.29) is 35.1 Å². The van der Waals surface area contributed by atoms with E-state index in [1.807, 2.05) is 12.1 Å². The fraction of sp³-hybridized carbons (Fsp3) is 0.533. The zero-order valence-electron chi connectivity index (χ0n) is 13.0. The lowest BCUT2D eigenvalue weighted by molar-refractivity contribution is -0.124. The van der Waals surface area contributed by atoms with Crippen LogP contribution in [0.15, 0.2) is 29.2 Å². The number of nitrogens with one attached hydrogen (secondary N) is 1. The summed E-state index contributed by atoms with van der Waals surface area (Å²) < 4.78 is 29.0. The second-order valence-electron chi connectivity index (χ2n) is 5.88. The summed E-state index contributed by atoms with van der Waals surface area (Å²) in [4.78, 5) is 11.5. The Kier molecular flexibility index (Phi) is 5.92. The molecule has 0 bridgehead atoms. The highest BCUT2D eigenvalue weighted by atomic mass is 32.2. The van der Waals surface area contributed by atoms with E-state index >= 15 is 0 Å². The molecular formula is C15H23NO4S. The van der Waals surface area contributed by atoms with Crippen molar-refractivity contribution in [2.45, 2.75) is 31.1 Å². The molecule has 0 saturated heterocycles. The van der Waals surface area contributed by atoms with Gasteiger partial charge in [0.25, 0.3) is 0 Å². The average Bonchev–Trinajstić information content (AvgIpc) is 2.38. The molecule has 1 rings (SSSR count). The standard InChI is InChI=1S/C15H23NO4S/c1-15(2,3)12-5-7-13(8-6-12)21(18,19)10-9-16-14(17)11-20-4/h5-8H,9-11H2,1-4H3,(H,16,17). The van der Waals surface area contributed by atoms with Crippen LogP contribution >= 0.6 is 0 Å². The van der Waals surface area contributed by atoms with Crippen molar-refractivity contribution in [1.29, 1.82) is 0 Å². The molecule has 0 spiro atoms. The van der Waals surface area contributed by atoms with E-state index in [2.05, 4.69) is 30.8 Å². The Balaban J connectivity index is 2.69. The molecule has 6 heteroatoms. The van der Waals surface area contributed by atoms with Gasteiger partial charge in [0.15, 0.2) is 9.84 Å². The number of amides is 1. The molecule has 21 heavy (non-hydrogen) atoms. The van der Waals surface area contributed by atoms with Gasteiger partial charge in [0, 0.05) is 13.7 Å². The molecule has 1 aromatic rings. The molecule has 0 fully saturated rings. The van der Waals surface area contributed by atoms with Gasteiger partial charge in [-0.3, -0.25) is 4.79 Å². The number of methoxy groups -OCH3 is 1. The fourth-order valence-corrected chi connectivity index (χ4v) is 2.94. The van der Waals surface area contributed by atoms with Crippen molar-refractivity contribution in [2.75, 3.05) is 26.0 Å². The SMILES string of the molecule is COCC(=O)NCCS(=O)(=O)c1ccc(C(C)(C)C)cc1. The van der Waals surface area contributed by atoms with E-state index in [9.17, 15) is 13.2 Å². The van der Waals surface area contributed by atoms with Crippen LogP contribution in [-0.4, -0.2) is 40.3 Å². The van der Waals surface area contributed by atoms with Gasteiger partial charge >= 0.3 is 0 Å². The summed E-state index contributed by atoms with van der Waals surface area (Å²) in [5, 5.41) is 2.50. The van der Waals surface area contributed by atoms with E-state index in [0.29, 0.717) is 0 Å². The van der Waals surface area contributed by atoms with Crippen molar-refractivity contribution in [3.8, 4) is 0 Å². The monoisotopic (exact) mass is 313 g/mol. The van der Waals surface area contributed by atoms with Gasteiger partial charge in [0.2, 0.25) is 5.91 Å². The third-order valence-electron chi connectivity index (χ3n) is 3.05. The van der Waals surface area contributed by atoms with Gasteiger partial charge in [-0.15, -0.1) is 0 Å². The van der Waals surface area contributed by atoms with Gasteiger partial charge in [-0.2, -0.15) is 0 Å². The summed E-state index contributed by atoms with van der Waals surface area (Å²) in [6.45, 7) is 6.22. The summed E-state index contributed by atoms with van der Waals surface area (Å²) in [5.41, 5.74) is 1.06. The number of hydrogen-bond acceptors (Lipinski definition) is 4. The Bertz CT molecular complexity index is 571. The third kappa shape index (κ3) is 5.47. The molecule has 0 atom stereocenters. The van der Waals surface area contributed by atoms with Gasteiger partial charge in [-0.25, -0.2) is 8.42 Å². The predicted molar refractivity (Wildman–Crippen MR) is 82.1 cm³/mol. The highest BCUT2D eigenvalue weighted by Crippen LogP contribution is 2.23. The maximum atomic E-state index is 12.1. The van der Waals surface area contributed by atoms with Crippen LogP contribution in [0.1, 0.15) is 26.3 Å². The lowest BCUT2D eigenvalue weighted by atomic mass is 9.87. The Morgan fingerprint density at radius 1 is 1.19 bits per heavy atom. The van der Waals surface area contributed by atoms with Crippen LogP contribution in [0.5, 0.6) is 0 Å². The van der Waals surface area contributed by atoms with Gasteiger partial charge in [0.1, 0.15) is 6.61 Å². The van der Waals surface area contributed by atoms with Gasteiger partial charge in [-0.1, -0.05) is 32.9 Å². The summed E-state index contributed by atoms with van der Waals surface area (Å²) in [6.07, 6.45) is 0. The molecular weight excluding hydrogens is 290 g/mol. The maximum Gasteiger partial charge on any atom is 0.246 e. The molecule has 0 aromatic heterocycles. The Labute approximate surface area is 126 Å². The van der Waals surface area contributed by atoms with E-state index in [4.69, 9.17) is 0 Å². The minimum atomic E-state index is -3.39. The molecule has 1 aromatic carbocycles. The first-order valence-corrected chi connectivity index (χ1v) is 8.41. The number of ether oxygens (including phenoxy) is 1. The molecule has 0 aliphatic rings. The average molecular weight is 313 g/mol. The van der Waals surface area contributed by atoms with Gasteiger partial charge < -0.3 is 10.1 Å². The molecule has 0 heterocycles. The van der Waals surface area contributed by atoms with E-state index < -0.39 is 9.84 Å². The van der Waals surface area contributed by atoms with Crippen LogP contribution in [0.3, 0.4) is 0 Å². The molecule has 0 unspecified atom stereocenters. The van der Waals surface area contributed by atoms with E-state index in [1.165, 1.54) is 7.11 Å². The van der Waals surface area contributed by atoms with Crippen molar-refractivity contribution in [3.63, 3.8) is 0 Å². The van der Waals surface area contributed by atoms with Crippen molar-refractivity contribution < 1.29 is 17.9 Å². The summed E-state index contributed by atoms with van der Waals surface area (Å²) in [6, 6.07) is 6.90. The summed E-state index contributed by atoms with van der Waals surface area (Å²) in [5.74, 6) is -0.451. The molecule has 0 aliphatic heterocycles. The normalized spacial score (nSPS) is 12.2. The molecule has 118 valence electrons. The highest BCUT2D eigenvalue weighted by Gasteiger charge is 2.17. The Hall–Kier alpha value is -1.40. The summed E-state index contributed by atoms with van der Waals surface area (Å²) in [7, 11) is -1.98. The maximum absolute atomic E-state index is 12.1. The van der Waals surface area contributed by atoms with Crippen LogP contribution in [0.25, 0.3) is 0 Å². The number of carbonyl (C=O) groups is 1. The molecule has 1 amide bonds. The molecule has 0 aliphatic carbocycles. The number of benzene rings is 1. The molecule has 0 saturated carbocycles. The first kappa shape index (κ1) is 17.7. The number of carbonyl (C=O) groups excluding carboxylic acids is 1. The lowest BCUT2D eigenvalue weighted by Gasteiger charge is -2.19. The minimum Gasteiger partial charge on any atom is -0.375 e. The topological polar surface area (TPSA) is 72.5 Å². The van der Waals surface area contributed by atoms with Gasteiger partial charge in [-0.05, 0) is 23.1 Å². The minimum absolute atomic E-state index is 0.0174. The van der Waals surface area contributed by atoms with Crippen molar-refractivity contribution in [1.82, 2.24) is 5.32 Å². The van der Waals surface area contributed by atoms with Gasteiger partial charge in [0.05, 0.1) is 10.6 Å². The fourth-order valence-electron chi connectivity index (χ4n) is 1.79. The van der Waals surface area contributed by atoms with Crippen molar-refractivity contribution >= 4 is 15.7 Å². The lowest BCUT2D eigenvalue weighted by Crippen LogP contribution is -2.31. The Morgan fingerprint density at radius 3 is 2.24 bits per heavy atom. The van der Waals surface area contributed by atoms with Crippen LogP contribution in [0.4, 0.5) is 0 Å². The molecule has 0 radical (unpaired) electrons. The van der Waals surface area contributed by atoms with Crippen molar-refractivity contribution in [3.05, 3.63) is 29.8 Å². The van der Waals surface area contributed by atoms with Crippen LogP contribution in [-0.2, 0) is 24.8 Å². The zero-order valence-corrected chi connectivity index (χ0v) is 13.8. The van der Waals surface area contributed by atoms with Crippen LogP contribution < -0.4 is 5.32 Å². The smallest absolute Gasteiger partial charge is 0.246 e.